The molecule has 1 unspecified atom stereocenters. The number of nitrogens with zero attached hydrogens (tertiary/aromatic N) is 2. The lowest BCUT2D eigenvalue weighted by molar-refractivity contribution is -0.117. The molecule has 3 rings (SSSR count). The van der Waals surface area contributed by atoms with Crippen molar-refractivity contribution in [3.8, 4) is 5.75 Å². The summed E-state index contributed by atoms with van der Waals surface area (Å²) in [5.74, 6) is 1.63. The number of amides is 1. The molecule has 0 spiro atoms. The third-order valence-corrected chi connectivity index (χ3v) is 4.96. The molecule has 1 aliphatic heterocycles. The summed E-state index contributed by atoms with van der Waals surface area (Å²) >= 11 is 1.28. The standard InChI is InChI=1S/C17H18N2O3S/c1-11(20)23-10-12-6-16(21)19(9-12)15-8-14(22-2)7-13-4-3-5-18-17(13)15/h3-5,7-8,12H,6,9-10H2,1-2H3. The zero-order valence-electron chi connectivity index (χ0n) is 13.1. The van der Waals surface area contributed by atoms with Gasteiger partial charge in [0.2, 0.25) is 5.91 Å². The first-order valence-electron chi connectivity index (χ1n) is 7.45. The quantitative estimate of drug-likeness (QED) is 0.863. The van der Waals surface area contributed by atoms with E-state index in [1.807, 2.05) is 24.3 Å². The molecule has 0 saturated carbocycles. The average Bonchev–Trinajstić information content (AvgIpc) is 2.92. The van der Waals surface area contributed by atoms with Crippen LogP contribution in [-0.4, -0.2) is 35.4 Å². The highest BCUT2D eigenvalue weighted by molar-refractivity contribution is 8.13. The largest absolute Gasteiger partial charge is 0.497 e. The first-order valence-corrected chi connectivity index (χ1v) is 8.43. The number of pyridine rings is 1. The molecule has 1 aliphatic rings. The van der Waals surface area contributed by atoms with Crippen LogP contribution in [0.2, 0.25) is 0 Å². The predicted molar refractivity (Wildman–Crippen MR) is 91.9 cm³/mol. The van der Waals surface area contributed by atoms with Gasteiger partial charge in [0, 0.05) is 43.3 Å². The van der Waals surface area contributed by atoms with Gasteiger partial charge in [-0.15, -0.1) is 0 Å². The molecule has 1 saturated heterocycles. The van der Waals surface area contributed by atoms with Gasteiger partial charge in [-0.2, -0.15) is 0 Å². The fourth-order valence-electron chi connectivity index (χ4n) is 2.83. The number of hydrogen-bond acceptors (Lipinski definition) is 5. The highest BCUT2D eigenvalue weighted by Gasteiger charge is 2.32. The molecular weight excluding hydrogens is 312 g/mol. The van der Waals surface area contributed by atoms with E-state index in [9.17, 15) is 9.59 Å². The minimum atomic E-state index is 0.0689. The van der Waals surface area contributed by atoms with Crippen molar-refractivity contribution in [2.45, 2.75) is 13.3 Å². The number of rotatable bonds is 4. The van der Waals surface area contributed by atoms with E-state index >= 15 is 0 Å². The Morgan fingerprint density at radius 3 is 3.04 bits per heavy atom. The zero-order valence-corrected chi connectivity index (χ0v) is 13.9. The summed E-state index contributed by atoms with van der Waals surface area (Å²) in [5, 5.41) is 1.03. The van der Waals surface area contributed by atoms with E-state index in [2.05, 4.69) is 4.98 Å². The van der Waals surface area contributed by atoms with Gasteiger partial charge in [-0.25, -0.2) is 0 Å². The van der Waals surface area contributed by atoms with E-state index in [1.165, 1.54) is 11.8 Å². The summed E-state index contributed by atoms with van der Waals surface area (Å²) in [6.07, 6.45) is 2.19. The Kier molecular flexibility index (Phi) is 4.52. The van der Waals surface area contributed by atoms with Crippen LogP contribution < -0.4 is 9.64 Å². The summed E-state index contributed by atoms with van der Waals surface area (Å²) in [5.41, 5.74) is 1.57. The van der Waals surface area contributed by atoms with Crippen LogP contribution in [0.15, 0.2) is 30.5 Å². The van der Waals surface area contributed by atoms with Gasteiger partial charge >= 0.3 is 0 Å². The highest BCUT2D eigenvalue weighted by atomic mass is 32.2. The van der Waals surface area contributed by atoms with Gasteiger partial charge in [0.25, 0.3) is 0 Å². The van der Waals surface area contributed by atoms with Crippen LogP contribution in [-0.2, 0) is 9.59 Å². The smallest absolute Gasteiger partial charge is 0.227 e. The Bertz CT molecular complexity index is 763. The van der Waals surface area contributed by atoms with E-state index in [1.54, 1.807) is 25.1 Å². The number of ether oxygens (including phenoxy) is 1. The van der Waals surface area contributed by atoms with Crippen molar-refractivity contribution < 1.29 is 14.3 Å². The lowest BCUT2D eigenvalue weighted by atomic mass is 10.1. The zero-order chi connectivity index (χ0) is 16.4. The molecule has 120 valence electrons. The Labute approximate surface area is 139 Å². The van der Waals surface area contributed by atoms with Crippen LogP contribution in [0.3, 0.4) is 0 Å². The van der Waals surface area contributed by atoms with Crippen molar-refractivity contribution in [1.82, 2.24) is 4.98 Å². The van der Waals surface area contributed by atoms with E-state index < -0.39 is 0 Å². The monoisotopic (exact) mass is 330 g/mol. The minimum Gasteiger partial charge on any atom is -0.497 e. The third-order valence-electron chi connectivity index (χ3n) is 3.91. The van der Waals surface area contributed by atoms with E-state index in [0.717, 1.165) is 16.6 Å². The van der Waals surface area contributed by atoms with Crippen LogP contribution in [0.5, 0.6) is 5.75 Å². The lowest BCUT2D eigenvalue weighted by Gasteiger charge is -2.19. The molecule has 0 radical (unpaired) electrons. The first-order chi connectivity index (χ1) is 11.1. The SMILES string of the molecule is COc1cc(N2CC(CSC(C)=O)CC2=O)c2ncccc2c1. The molecule has 1 atom stereocenters. The number of carbonyl (C=O) groups is 2. The molecule has 5 nitrogen and oxygen atoms in total. The maximum absolute atomic E-state index is 12.4. The Balaban J connectivity index is 1.93. The van der Waals surface area contributed by atoms with Gasteiger partial charge in [0.15, 0.2) is 5.12 Å². The summed E-state index contributed by atoms with van der Waals surface area (Å²) in [6, 6.07) is 7.59. The third kappa shape index (κ3) is 3.32. The second-order valence-electron chi connectivity index (χ2n) is 5.60. The molecule has 0 N–H and O–H groups in total. The van der Waals surface area contributed by atoms with Crippen LogP contribution in [0, 0.1) is 5.92 Å². The van der Waals surface area contributed by atoms with Crippen LogP contribution in [0.4, 0.5) is 5.69 Å². The van der Waals surface area contributed by atoms with Crippen molar-refractivity contribution in [3.63, 3.8) is 0 Å². The summed E-state index contributed by atoms with van der Waals surface area (Å²) < 4.78 is 5.35. The molecule has 23 heavy (non-hydrogen) atoms. The van der Waals surface area contributed by atoms with Gasteiger partial charge in [-0.3, -0.25) is 14.6 Å². The number of carbonyl (C=O) groups excluding carboxylic acids is 2. The van der Waals surface area contributed by atoms with Gasteiger partial charge < -0.3 is 9.64 Å². The molecule has 2 heterocycles. The Hall–Kier alpha value is -2.08. The number of thioether (sulfide) groups is 1. The number of fused-ring (bicyclic) bond motifs is 1. The summed E-state index contributed by atoms with van der Waals surface area (Å²) in [4.78, 5) is 29.8. The Morgan fingerprint density at radius 2 is 2.30 bits per heavy atom. The van der Waals surface area contributed by atoms with Crippen LogP contribution in [0.25, 0.3) is 10.9 Å². The fraction of sp³-hybridized carbons (Fsp3) is 0.353. The number of aromatic nitrogens is 1. The Morgan fingerprint density at radius 1 is 1.48 bits per heavy atom. The van der Waals surface area contributed by atoms with Crippen molar-refractivity contribution in [2.75, 3.05) is 24.3 Å². The van der Waals surface area contributed by atoms with Crippen molar-refractivity contribution >= 4 is 39.4 Å². The topological polar surface area (TPSA) is 59.5 Å². The molecule has 0 bridgehead atoms. The fourth-order valence-corrected chi connectivity index (χ4v) is 3.52. The van der Waals surface area contributed by atoms with Crippen molar-refractivity contribution in [1.29, 1.82) is 0 Å². The molecule has 1 aromatic carbocycles. The lowest BCUT2D eigenvalue weighted by Crippen LogP contribution is -2.25. The van der Waals surface area contributed by atoms with E-state index in [4.69, 9.17) is 4.74 Å². The molecule has 1 fully saturated rings. The molecule has 1 aromatic heterocycles. The molecule has 1 amide bonds. The normalized spacial score (nSPS) is 17.7. The van der Waals surface area contributed by atoms with Crippen molar-refractivity contribution in [3.05, 3.63) is 30.5 Å². The number of benzene rings is 1. The first kappa shape index (κ1) is 15.8. The van der Waals surface area contributed by atoms with Gasteiger partial charge in [-0.1, -0.05) is 17.8 Å². The van der Waals surface area contributed by atoms with Crippen LogP contribution >= 0.6 is 11.8 Å². The van der Waals surface area contributed by atoms with Crippen LogP contribution in [0.1, 0.15) is 13.3 Å². The molecule has 0 aliphatic carbocycles. The number of hydrogen-bond donors (Lipinski definition) is 0. The second-order valence-corrected chi connectivity index (χ2v) is 6.80. The van der Waals surface area contributed by atoms with E-state index in [-0.39, 0.29) is 16.9 Å². The minimum absolute atomic E-state index is 0.0689. The predicted octanol–water partition coefficient (Wildman–Crippen LogP) is 2.88. The maximum atomic E-state index is 12.4. The number of methoxy groups -OCH3 is 1. The van der Waals surface area contributed by atoms with E-state index in [0.29, 0.717) is 24.5 Å². The van der Waals surface area contributed by atoms with Gasteiger partial charge in [0.05, 0.1) is 18.3 Å². The van der Waals surface area contributed by atoms with Gasteiger partial charge in [-0.05, 0) is 18.1 Å². The molecular formula is C17H18N2O3S. The molecule has 6 heteroatoms. The summed E-state index contributed by atoms with van der Waals surface area (Å²) in [7, 11) is 1.61. The van der Waals surface area contributed by atoms with Gasteiger partial charge in [0.1, 0.15) is 5.75 Å². The highest BCUT2D eigenvalue weighted by Crippen LogP contribution is 2.35. The summed E-state index contributed by atoms with van der Waals surface area (Å²) in [6.45, 7) is 2.16. The second kappa shape index (κ2) is 6.58. The van der Waals surface area contributed by atoms with Crippen molar-refractivity contribution in [2.24, 2.45) is 5.92 Å². The average molecular weight is 330 g/mol. The molecule has 2 aromatic rings. The number of anilines is 1. The maximum Gasteiger partial charge on any atom is 0.227 e.